The number of benzene rings is 1. The van der Waals surface area contributed by atoms with E-state index in [0.717, 1.165) is 25.0 Å². The highest BCUT2D eigenvalue weighted by atomic mass is 16.5. The summed E-state index contributed by atoms with van der Waals surface area (Å²) in [5, 5.41) is 5.82. The van der Waals surface area contributed by atoms with Crippen molar-refractivity contribution in [3.05, 3.63) is 29.8 Å². The lowest BCUT2D eigenvalue weighted by molar-refractivity contribution is -0.123. The minimum absolute atomic E-state index is 0.0126. The van der Waals surface area contributed by atoms with E-state index in [1.165, 1.54) is 5.56 Å². The Hall–Kier alpha value is -2.04. The van der Waals surface area contributed by atoms with Gasteiger partial charge in [0, 0.05) is 24.9 Å². The Labute approximate surface area is 144 Å². The van der Waals surface area contributed by atoms with Gasteiger partial charge in [0.05, 0.1) is 7.11 Å². The summed E-state index contributed by atoms with van der Waals surface area (Å²) in [4.78, 5) is 23.6. The Morgan fingerprint density at radius 3 is 2.54 bits per heavy atom. The Morgan fingerprint density at radius 1 is 1.29 bits per heavy atom. The highest BCUT2D eigenvalue weighted by Gasteiger charge is 2.38. The van der Waals surface area contributed by atoms with Gasteiger partial charge >= 0.3 is 0 Å². The summed E-state index contributed by atoms with van der Waals surface area (Å²) in [6.07, 6.45) is 3.09. The first kappa shape index (κ1) is 18.3. The normalized spacial score (nSPS) is 20.1. The number of methoxy groups -OCH3 is 1. The predicted octanol–water partition coefficient (Wildman–Crippen LogP) is 2.29. The van der Waals surface area contributed by atoms with E-state index in [0.29, 0.717) is 18.9 Å². The molecule has 0 aromatic heterocycles. The van der Waals surface area contributed by atoms with Gasteiger partial charge in [-0.05, 0) is 49.8 Å². The first-order chi connectivity index (χ1) is 11.5. The van der Waals surface area contributed by atoms with E-state index >= 15 is 0 Å². The molecule has 1 aromatic carbocycles. The quantitative estimate of drug-likeness (QED) is 0.729. The van der Waals surface area contributed by atoms with Crippen molar-refractivity contribution in [3.8, 4) is 5.75 Å². The predicted molar refractivity (Wildman–Crippen MR) is 93.8 cm³/mol. The molecule has 2 amide bonds. The van der Waals surface area contributed by atoms with Crippen molar-refractivity contribution in [3.63, 3.8) is 0 Å². The minimum atomic E-state index is -0.0126. The highest BCUT2D eigenvalue weighted by Crippen LogP contribution is 2.37. The maximum atomic E-state index is 11.9. The Balaban J connectivity index is 1.59. The molecule has 0 heterocycles. The monoisotopic (exact) mass is 332 g/mol. The van der Waals surface area contributed by atoms with Crippen LogP contribution in [0, 0.1) is 11.8 Å². The molecule has 1 aromatic rings. The Bertz CT molecular complexity index is 556. The second kappa shape index (κ2) is 8.71. The lowest BCUT2D eigenvalue weighted by Gasteiger charge is -2.14. The van der Waals surface area contributed by atoms with Gasteiger partial charge in [0.25, 0.3) is 0 Å². The average Bonchev–Trinajstić information content (AvgIpc) is 3.30. The fourth-order valence-corrected chi connectivity index (χ4v) is 2.71. The minimum Gasteiger partial charge on any atom is -0.497 e. The molecular weight excluding hydrogens is 304 g/mol. The van der Waals surface area contributed by atoms with Crippen LogP contribution >= 0.6 is 0 Å². The topological polar surface area (TPSA) is 67.4 Å². The zero-order valence-electron chi connectivity index (χ0n) is 14.8. The van der Waals surface area contributed by atoms with Crippen molar-refractivity contribution in [2.24, 2.45) is 11.8 Å². The molecule has 0 spiro atoms. The summed E-state index contributed by atoms with van der Waals surface area (Å²) < 4.78 is 5.14. The molecule has 0 saturated heterocycles. The number of rotatable bonds is 9. The summed E-state index contributed by atoms with van der Waals surface area (Å²) in [7, 11) is 1.65. The number of hydrogen-bond acceptors (Lipinski definition) is 3. The number of amides is 2. The van der Waals surface area contributed by atoms with Gasteiger partial charge in [0.1, 0.15) is 5.75 Å². The number of nitrogens with one attached hydrogen (secondary N) is 2. The fourth-order valence-electron chi connectivity index (χ4n) is 2.71. The van der Waals surface area contributed by atoms with E-state index in [1.54, 1.807) is 7.11 Å². The third-order valence-corrected chi connectivity index (χ3v) is 4.53. The molecule has 0 aliphatic heterocycles. The van der Waals surface area contributed by atoms with Gasteiger partial charge in [-0.1, -0.05) is 19.1 Å². The van der Waals surface area contributed by atoms with E-state index in [1.807, 2.05) is 31.2 Å². The summed E-state index contributed by atoms with van der Waals surface area (Å²) >= 11 is 0. The lowest BCUT2D eigenvalue weighted by atomic mass is 10.1. The smallest absolute Gasteiger partial charge is 0.223 e. The van der Waals surface area contributed by atoms with Crippen LogP contribution in [0.4, 0.5) is 0 Å². The van der Waals surface area contributed by atoms with Crippen LogP contribution in [0.3, 0.4) is 0 Å². The maximum absolute atomic E-state index is 11.9. The lowest BCUT2D eigenvalue weighted by Crippen LogP contribution is -2.36. The standard InChI is InChI=1S/C19H28N2O3/c1-13-12-17(13)19(23)20-11-10-18(22)21-14(2)4-5-15-6-8-16(24-3)9-7-15/h6-9,13-14,17H,4-5,10-12H2,1-3H3,(H,20,23)(H,21,22)/t13-,14-,17-/m0/s1. The first-order valence-electron chi connectivity index (χ1n) is 8.69. The third kappa shape index (κ3) is 5.87. The molecule has 1 fully saturated rings. The van der Waals surface area contributed by atoms with Crippen LogP contribution in [0.25, 0.3) is 0 Å². The summed E-state index contributed by atoms with van der Waals surface area (Å²) in [5.74, 6) is 1.58. The van der Waals surface area contributed by atoms with Gasteiger partial charge in [-0.2, -0.15) is 0 Å². The zero-order valence-corrected chi connectivity index (χ0v) is 14.8. The third-order valence-electron chi connectivity index (χ3n) is 4.53. The molecule has 2 N–H and O–H groups in total. The molecule has 0 radical (unpaired) electrons. The summed E-state index contributed by atoms with van der Waals surface area (Å²) in [5.41, 5.74) is 1.22. The summed E-state index contributed by atoms with van der Waals surface area (Å²) in [6.45, 7) is 4.49. The van der Waals surface area contributed by atoms with Crippen molar-refractivity contribution in [1.29, 1.82) is 0 Å². The largest absolute Gasteiger partial charge is 0.497 e. The molecular formula is C19H28N2O3. The van der Waals surface area contributed by atoms with E-state index in [4.69, 9.17) is 4.74 Å². The van der Waals surface area contributed by atoms with Crippen LogP contribution in [0.2, 0.25) is 0 Å². The molecule has 1 aliphatic carbocycles. The van der Waals surface area contributed by atoms with Gasteiger partial charge in [0.2, 0.25) is 11.8 Å². The average molecular weight is 332 g/mol. The Kier molecular flexibility index (Phi) is 6.64. The van der Waals surface area contributed by atoms with Crippen molar-refractivity contribution in [2.45, 2.75) is 45.6 Å². The van der Waals surface area contributed by atoms with E-state index in [9.17, 15) is 9.59 Å². The number of carbonyl (C=O) groups is 2. The van der Waals surface area contributed by atoms with Gasteiger partial charge < -0.3 is 15.4 Å². The van der Waals surface area contributed by atoms with Crippen LogP contribution in [0.5, 0.6) is 5.75 Å². The molecule has 0 bridgehead atoms. The van der Waals surface area contributed by atoms with Crippen LogP contribution in [0.1, 0.15) is 38.7 Å². The summed E-state index contributed by atoms with van der Waals surface area (Å²) in [6, 6.07) is 8.09. The highest BCUT2D eigenvalue weighted by molar-refractivity contribution is 5.82. The van der Waals surface area contributed by atoms with Gasteiger partial charge in [-0.25, -0.2) is 0 Å². The molecule has 132 valence electrons. The van der Waals surface area contributed by atoms with Crippen molar-refractivity contribution in [2.75, 3.05) is 13.7 Å². The molecule has 3 atom stereocenters. The van der Waals surface area contributed by atoms with Crippen LogP contribution in [0.15, 0.2) is 24.3 Å². The first-order valence-corrected chi connectivity index (χ1v) is 8.69. The number of hydrogen-bond donors (Lipinski definition) is 2. The molecule has 0 unspecified atom stereocenters. The van der Waals surface area contributed by atoms with E-state index in [2.05, 4.69) is 17.6 Å². The van der Waals surface area contributed by atoms with Crippen molar-refractivity contribution >= 4 is 11.8 Å². The fraction of sp³-hybridized carbons (Fsp3) is 0.579. The molecule has 1 aliphatic rings. The molecule has 5 nitrogen and oxygen atoms in total. The van der Waals surface area contributed by atoms with E-state index in [-0.39, 0.29) is 23.8 Å². The number of ether oxygens (including phenoxy) is 1. The number of carbonyl (C=O) groups excluding carboxylic acids is 2. The van der Waals surface area contributed by atoms with Crippen LogP contribution < -0.4 is 15.4 Å². The Morgan fingerprint density at radius 2 is 1.96 bits per heavy atom. The van der Waals surface area contributed by atoms with Crippen LogP contribution in [-0.2, 0) is 16.0 Å². The number of aryl methyl sites for hydroxylation is 1. The second-order valence-electron chi connectivity index (χ2n) is 6.72. The molecule has 2 rings (SSSR count). The van der Waals surface area contributed by atoms with Gasteiger partial charge in [0.15, 0.2) is 0 Å². The van der Waals surface area contributed by atoms with Crippen LogP contribution in [-0.4, -0.2) is 31.5 Å². The van der Waals surface area contributed by atoms with Gasteiger partial charge in [-0.3, -0.25) is 9.59 Å². The van der Waals surface area contributed by atoms with Crippen molar-refractivity contribution in [1.82, 2.24) is 10.6 Å². The SMILES string of the molecule is COc1ccc(CC[C@H](C)NC(=O)CCNC(=O)[C@H]2C[C@@H]2C)cc1. The van der Waals surface area contributed by atoms with Crippen molar-refractivity contribution < 1.29 is 14.3 Å². The molecule has 24 heavy (non-hydrogen) atoms. The second-order valence-corrected chi connectivity index (χ2v) is 6.72. The maximum Gasteiger partial charge on any atom is 0.223 e. The van der Waals surface area contributed by atoms with E-state index < -0.39 is 0 Å². The zero-order chi connectivity index (χ0) is 17.5. The van der Waals surface area contributed by atoms with Gasteiger partial charge in [-0.15, -0.1) is 0 Å². The molecule has 1 saturated carbocycles. The molecule has 5 heteroatoms.